The summed E-state index contributed by atoms with van der Waals surface area (Å²) < 4.78 is 0. The van der Waals surface area contributed by atoms with Crippen LogP contribution in [0.2, 0.25) is 0 Å². The molecular formula is C30H51N3O2. The van der Waals surface area contributed by atoms with E-state index in [1.54, 1.807) is 0 Å². The Balaban J connectivity index is 1.44. The van der Waals surface area contributed by atoms with E-state index >= 15 is 0 Å². The van der Waals surface area contributed by atoms with Gasteiger partial charge in [0.05, 0.1) is 0 Å². The van der Waals surface area contributed by atoms with E-state index in [4.69, 9.17) is 0 Å². The van der Waals surface area contributed by atoms with Crippen molar-refractivity contribution in [3.8, 4) is 0 Å². The Hall–Kier alpha value is -1.88. The topological polar surface area (TPSA) is 52.7 Å². The number of anilines is 1. The van der Waals surface area contributed by atoms with Crippen LogP contribution in [0.15, 0.2) is 24.3 Å². The van der Waals surface area contributed by atoms with E-state index in [1.165, 1.54) is 83.5 Å². The van der Waals surface area contributed by atoms with Crippen LogP contribution in [-0.4, -0.2) is 54.8 Å². The molecule has 1 saturated heterocycles. The number of hydrogen-bond acceptors (Lipinski definition) is 3. The summed E-state index contributed by atoms with van der Waals surface area (Å²) in [6, 6.07) is 7.33. The van der Waals surface area contributed by atoms with Crippen molar-refractivity contribution in [1.82, 2.24) is 9.80 Å². The van der Waals surface area contributed by atoms with E-state index in [0.29, 0.717) is 12.0 Å². The smallest absolute Gasteiger partial charge is 0.253 e. The molecule has 0 bridgehead atoms. The molecule has 0 aliphatic carbocycles. The van der Waals surface area contributed by atoms with Gasteiger partial charge < -0.3 is 15.1 Å². The highest BCUT2D eigenvalue weighted by molar-refractivity contribution is 5.95. The third kappa shape index (κ3) is 13.1. The van der Waals surface area contributed by atoms with Crippen LogP contribution < -0.4 is 5.32 Å². The number of nitrogens with one attached hydrogen (secondary N) is 1. The lowest BCUT2D eigenvalue weighted by molar-refractivity contribution is -0.116. The molecule has 0 spiro atoms. The lowest BCUT2D eigenvalue weighted by Crippen LogP contribution is -2.47. The van der Waals surface area contributed by atoms with Crippen molar-refractivity contribution in [1.29, 1.82) is 0 Å². The predicted octanol–water partition coefficient (Wildman–Crippen LogP) is 7.27. The van der Waals surface area contributed by atoms with Gasteiger partial charge in [-0.05, 0) is 37.7 Å². The van der Waals surface area contributed by atoms with E-state index in [2.05, 4.69) is 24.2 Å². The van der Waals surface area contributed by atoms with Crippen LogP contribution in [0.1, 0.15) is 120 Å². The average Bonchev–Trinajstić information content (AvgIpc) is 2.87. The second kappa shape index (κ2) is 18.4. The molecule has 2 rings (SSSR count). The molecule has 1 aromatic rings. The highest BCUT2D eigenvalue weighted by Crippen LogP contribution is 2.16. The van der Waals surface area contributed by atoms with Crippen molar-refractivity contribution in [2.24, 2.45) is 0 Å². The number of piperazine rings is 1. The quantitative estimate of drug-likeness (QED) is 0.222. The number of carbonyl (C=O) groups is 2. The second-order valence-electron chi connectivity index (χ2n) is 10.4. The molecule has 1 aromatic carbocycles. The van der Waals surface area contributed by atoms with Gasteiger partial charge in [0.2, 0.25) is 5.91 Å². The standard InChI is InChI=1S/C30H51N3O2/c1-3-4-5-6-7-8-9-10-11-12-13-14-15-16-17-18-29(34)31-28-21-19-27(20-22-28)30(35)33-25-23-32(2)24-26-33/h19-22H,3-18,23-26H2,1-2H3,(H,31,34). The maximum absolute atomic E-state index is 12.6. The number of nitrogens with zero attached hydrogens (tertiary/aromatic N) is 2. The van der Waals surface area contributed by atoms with Gasteiger partial charge in [-0.2, -0.15) is 0 Å². The molecule has 2 amide bonds. The maximum atomic E-state index is 12.6. The Bertz CT molecular complexity index is 696. The number of rotatable bonds is 18. The molecule has 0 radical (unpaired) electrons. The van der Waals surface area contributed by atoms with E-state index < -0.39 is 0 Å². The number of benzene rings is 1. The van der Waals surface area contributed by atoms with Crippen LogP contribution in [-0.2, 0) is 4.79 Å². The Kier molecular flexibility index (Phi) is 15.4. The Morgan fingerprint density at radius 1 is 0.686 bits per heavy atom. The molecule has 1 heterocycles. The summed E-state index contributed by atoms with van der Waals surface area (Å²) in [6.45, 7) is 5.65. The van der Waals surface area contributed by atoms with Crippen molar-refractivity contribution >= 4 is 17.5 Å². The van der Waals surface area contributed by atoms with Crippen LogP contribution in [0.25, 0.3) is 0 Å². The zero-order valence-corrected chi connectivity index (χ0v) is 22.7. The number of carbonyl (C=O) groups excluding carboxylic acids is 2. The molecule has 0 atom stereocenters. The molecule has 35 heavy (non-hydrogen) atoms. The van der Waals surface area contributed by atoms with Crippen LogP contribution in [0.5, 0.6) is 0 Å². The largest absolute Gasteiger partial charge is 0.336 e. The second-order valence-corrected chi connectivity index (χ2v) is 10.4. The summed E-state index contributed by atoms with van der Waals surface area (Å²) in [6.07, 6.45) is 20.5. The molecule has 0 aromatic heterocycles. The minimum Gasteiger partial charge on any atom is -0.336 e. The molecular weight excluding hydrogens is 434 g/mol. The first-order valence-corrected chi connectivity index (χ1v) is 14.5. The molecule has 1 aliphatic rings. The van der Waals surface area contributed by atoms with Crippen LogP contribution in [0, 0.1) is 0 Å². The van der Waals surface area contributed by atoms with Crippen molar-refractivity contribution in [3.63, 3.8) is 0 Å². The summed E-state index contributed by atoms with van der Waals surface area (Å²) >= 11 is 0. The van der Waals surface area contributed by atoms with Crippen LogP contribution >= 0.6 is 0 Å². The van der Waals surface area contributed by atoms with E-state index in [-0.39, 0.29) is 11.8 Å². The van der Waals surface area contributed by atoms with Crippen LogP contribution in [0.4, 0.5) is 5.69 Å². The zero-order valence-electron chi connectivity index (χ0n) is 22.7. The highest BCUT2D eigenvalue weighted by Gasteiger charge is 2.20. The summed E-state index contributed by atoms with van der Waals surface area (Å²) in [4.78, 5) is 29.0. The molecule has 1 fully saturated rings. The Labute approximate surface area is 215 Å². The summed E-state index contributed by atoms with van der Waals surface area (Å²) in [5.41, 5.74) is 1.46. The molecule has 5 heteroatoms. The number of unbranched alkanes of at least 4 members (excludes halogenated alkanes) is 14. The first-order valence-electron chi connectivity index (χ1n) is 14.5. The monoisotopic (exact) mass is 485 g/mol. The number of hydrogen-bond donors (Lipinski definition) is 1. The summed E-state index contributed by atoms with van der Waals surface area (Å²) in [5, 5.41) is 2.97. The molecule has 1 aliphatic heterocycles. The van der Waals surface area contributed by atoms with Crippen LogP contribution in [0.3, 0.4) is 0 Å². The van der Waals surface area contributed by atoms with Gasteiger partial charge in [-0.3, -0.25) is 9.59 Å². The van der Waals surface area contributed by atoms with E-state index in [9.17, 15) is 9.59 Å². The lowest BCUT2D eigenvalue weighted by atomic mass is 10.0. The van der Waals surface area contributed by atoms with Gasteiger partial charge in [0.25, 0.3) is 5.91 Å². The molecule has 0 unspecified atom stereocenters. The highest BCUT2D eigenvalue weighted by atomic mass is 16.2. The van der Waals surface area contributed by atoms with Gasteiger partial charge >= 0.3 is 0 Å². The third-order valence-electron chi connectivity index (χ3n) is 7.21. The Morgan fingerprint density at radius 2 is 1.14 bits per heavy atom. The minimum atomic E-state index is 0.0674. The molecule has 198 valence electrons. The first-order chi connectivity index (χ1) is 17.1. The van der Waals surface area contributed by atoms with Crippen molar-refractivity contribution in [2.45, 2.75) is 110 Å². The average molecular weight is 486 g/mol. The zero-order chi connectivity index (χ0) is 25.1. The SMILES string of the molecule is CCCCCCCCCCCCCCCCCC(=O)Nc1ccc(C(=O)N2CCN(C)CC2)cc1. The normalized spacial score (nSPS) is 14.3. The van der Waals surface area contributed by atoms with E-state index in [0.717, 1.165) is 44.7 Å². The van der Waals surface area contributed by atoms with E-state index in [1.807, 2.05) is 29.2 Å². The minimum absolute atomic E-state index is 0.0674. The Morgan fingerprint density at radius 3 is 1.63 bits per heavy atom. The lowest BCUT2D eigenvalue weighted by Gasteiger charge is -2.32. The first kappa shape index (κ1) is 29.4. The fourth-order valence-electron chi connectivity index (χ4n) is 4.77. The van der Waals surface area contributed by atoms with Crippen molar-refractivity contribution in [3.05, 3.63) is 29.8 Å². The molecule has 5 nitrogen and oxygen atoms in total. The number of amides is 2. The fourth-order valence-corrected chi connectivity index (χ4v) is 4.77. The molecule has 0 saturated carbocycles. The van der Waals surface area contributed by atoms with Gasteiger partial charge in [-0.15, -0.1) is 0 Å². The number of likely N-dealkylation sites (N-methyl/N-ethyl adjacent to an activating group) is 1. The summed E-state index contributed by atoms with van der Waals surface area (Å²) in [7, 11) is 2.08. The van der Waals surface area contributed by atoms with Crippen molar-refractivity contribution < 1.29 is 9.59 Å². The predicted molar refractivity (Wildman–Crippen MR) is 148 cm³/mol. The van der Waals surface area contributed by atoms with Gasteiger partial charge in [0, 0.05) is 43.9 Å². The van der Waals surface area contributed by atoms with Gasteiger partial charge in [-0.25, -0.2) is 0 Å². The van der Waals surface area contributed by atoms with Crippen molar-refractivity contribution in [2.75, 3.05) is 38.5 Å². The van der Waals surface area contributed by atoms with Gasteiger partial charge in [-0.1, -0.05) is 96.8 Å². The fraction of sp³-hybridized carbons (Fsp3) is 0.733. The third-order valence-corrected chi connectivity index (χ3v) is 7.21. The van der Waals surface area contributed by atoms with Gasteiger partial charge in [0.15, 0.2) is 0 Å². The summed E-state index contributed by atoms with van der Waals surface area (Å²) in [5.74, 6) is 0.145. The molecule has 1 N–H and O–H groups in total. The van der Waals surface area contributed by atoms with Gasteiger partial charge in [0.1, 0.15) is 0 Å². The maximum Gasteiger partial charge on any atom is 0.253 e.